The molecule has 0 saturated heterocycles. The summed E-state index contributed by atoms with van der Waals surface area (Å²) in [7, 11) is 0. The van der Waals surface area contributed by atoms with Crippen molar-refractivity contribution in [2.24, 2.45) is 0 Å². The largest absolute Gasteiger partial charge is 0.322 e. The molecule has 152 valence electrons. The maximum Gasteiger partial charge on any atom is 0.283 e. The Kier molecular flexibility index (Phi) is 5.60. The molecule has 0 aliphatic carbocycles. The van der Waals surface area contributed by atoms with Gasteiger partial charge in [-0.1, -0.05) is 44.9 Å². The van der Waals surface area contributed by atoms with Gasteiger partial charge in [-0.25, -0.2) is 14.1 Å². The summed E-state index contributed by atoms with van der Waals surface area (Å²) < 4.78 is 17.0. The number of hydrogen-bond donors (Lipinski definition) is 1. The van der Waals surface area contributed by atoms with Gasteiger partial charge in [0.05, 0.1) is 12.2 Å². The third kappa shape index (κ3) is 4.24. The smallest absolute Gasteiger partial charge is 0.283 e. The lowest BCUT2D eigenvalue weighted by Gasteiger charge is -2.08. The number of nitrogens with zero attached hydrogens (tertiary/aromatic N) is 5. The number of hydrogen-bond acceptors (Lipinski definition) is 5. The topological polar surface area (TPSA) is 94.7 Å². The number of carbonyl (C=O) groups excluding carboxylic acids is 1. The summed E-state index contributed by atoms with van der Waals surface area (Å²) >= 11 is 9.04. The van der Waals surface area contributed by atoms with Gasteiger partial charge in [0.15, 0.2) is 11.2 Å². The number of carbonyl (C=O) groups is 1. The van der Waals surface area contributed by atoms with Crippen LogP contribution in [0.4, 0.5) is 10.1 Å². The third-order valence-corrected chi connectivity index (χ3v) is 5.00. The van der Waals surface area contributed by atoms with Gasteiger partial charge in [-0.2, -0.15) is 0 Å². The van der Waals surface area contributed by atoms with Crippen LogP contribution >= 0.6 is 27.5 Å². The minimum absolute atomic E-state index is 0.0131. The minimum Gasteiger partial charge on any atom is -0.322 e. The number of fused-ring (bicyclic) bond motifs is 1. The zero-order valence-electron chi connectivity index (χ0n) is 15.2. The quantitative estimate of drug-likeness (QED) is 0.463. The molecule has 1 amide bonds. The molecule has 0 spiro atoms. The number of benzene rings is 2. The summed E-state index contributed by atoms with van der Waals surface area (Å²) in [6.07, 6.45) is 1.24. The molecule has 2 aromatic heterocycles. The van der Waals surface area contributed by atoms with E-state index in [9.17, 15) is 14.0 Å². The van der Waals surface area contributed by atoms with Crippen LogP contribution in [0.25, 0.3) is 11.2 Å². The maximum absolute atomic E-state index is 13.9. The molecule has 4 rings (SSSR count). The van der Waals surface area contributed by atoms with Crippen LogP contribution in [0.15, 0.2) is 58.1 Å². The SMILES string of the molecule is O=C(Cn1cnc2c(nnn2Cc2ccc(Cl)cc2)c1=O)Nc1ccc(Br)cc1F. The average molecular weight is 492 g/mol. The van der Waals surface area contributed by atoms with Crippen LogP contribution in [0, 0.1) is 5.82 Å². The Hall–Kier alpha value is -3.11. The van der Waals surface area contributed by atoms with Gasteiger partial charge in [-0.15, -0.1) is 5.10 Å². The fourth-order valence-corrected chi connectivity index (χ4v) is 3.26. The molecular formula is C19H13BrClFN6O2. The summed E-state index contributed by atoms with van der Waals surface area (Å²) in [5.41, 5.74) is 0.737. The molecule has 0 fully saturated rings. The number of halogens is 3. The van der Waals surface area contributed by atoms with E-state index in [0.29, 0.717) is 21.7 Å². The van der Waals surface area contributed by atoms with Crippen molar-refractivity contribution in [3.05, 3.63) is 80.0 Å². The van der Waals surface area contributed by atoms with Crippen LogP contribution in [0.1, 0.15) is 5.56 Å². The fourth-order valence-electron chi connectivity index (χ4n) is 2.80. The molecule has 0 bridgehead atoms. The molecule has 0 aliphatic heterocycles. The first-order valence-corrected chi connectivity index (χ1v) is 9.86. The normalized spacial score (nSPS) is 11.0. The van der Waals surface area contributed by atoms with Crippen molar-refractivity contribution in [1.82, 2.24) is 24.5 Å². The zero-order chi connectivity index (χ0) is 21.3. The highest BCUT2D eigenvalue weighted by Gasteiger charge is 2.15. The van der Waals surface area contributed by atoms with E-state index in [1.165, 1.54) is 23.1 Å². The van der Waals surface area contributed by atoms with Gasteiger partial charge in [0.2, 0.25) is 5.91 Å². The standard InChI is InChI=1S/C19H13BrClFN6O2/c20-12-3-6-15(14(22)7-12)24-16(29)9-27-10-23-18-17(19(27)30)25-26-28(18)8-11-1-4-13(21)5-2-11/h1-7,10H,8-9H2,(H,24,29). The Morgan fingerprint density at radius 3 is 2.70 bits per heavy atom. The third-order valence-electron chi connectivity index (χ3n) is 4.26. The van der Waals surface area contributed by atoms with Crippen LogP contribution in [0.5, 0.6) is 0 Å². The van der Waals surface area contributed by atoms with Crippen molar-refractivity contribution in [3.63, 3.8) is 0 Å². The average Bonchev–Trinajstić information content (AvgIpc) is 3.11. The molecule has 0 unspecified atom stereocenters. The van der Waals surface area contributed by atoms with E-state index in [-0.39, 0.29) is 17.7 Å². The van der Waals surface area contributed by atoms with Gasteiger partial charge in [0, 0.05) is 9.50 Å². The van der Waals surface area contributed by atoms with E-state index >= 15 is 0 Å². The number of nitrogens with one attached hydrogen (secondary N) is 1. The highest BCUT2D eigenvalue weighted by molar-refractivity contribution is 9.10. The monoisotopic (exact) mass is 490 g/mol. The maximum atomic E-state index is 13.9. The first kappa shape index (κ1) is 20.2. The highest BCUT2D eigenvalue weighted by atomic mass is 79.9. The van der Waals surface area contributed by atoms with Crippen molar-refractivity contribution in [2.45, 2.75) is 13.1 Å². The van der Waals surface area contributed by atoms with E-state index in [4.69, 9.17) is 11.6 Å². The van der Waals surface area contributed by atoms with Crippen LogP contribution in [-0.2, 0) is 17.9 Å². The predicted molar refractivity (Wildman–Crippen MR) is 113 cm³/mol. The first-order valence-electron chi connectivity index (χ1n) is 8.68. The van der Waals surface area contributed by atoms with Crippen molar-refractivity contribution < 1.29 is 9.18 Å². The van der Waals surface area contributed by atoms with Crippen molar-refractivity contribution >= 4 is 50.3 Å². The number of aromatic nitrogens is 5. The highest BCUT2D eigenvalue weighted by Crippen LogP contribution is 2.19. The minimum atomic E-state index is -0.594. The molecule has 0 saturated carbocycles. The van der Waals surface area contributed by atoms with Crippen LogP contribution in [0.2, 0.25) is 5.02 Å². The summed E-state index contributed by atoms with van der Waals surface area (Å²) in [6, 6.07) is 11.4. The lowest BCUT2D eigenvalue weighted by Crippen LogP contribution is -2.28. The molecule has 1 N–H and O–H groups in total. The molecule has 0 aliphatic rings. The van der Waals surface area contributed by atoms with E-state index in [1.807, 2.05) is 12.1 Å². The summed E-state index contributed by atoms with van der Waals surface area (Å²) in [4.78, 5) is 29.1. The number of rotatable bonds is 5. The summed E-state index contributed by atoms with van der Waals surface area (Å²) in [6.45, 7) is 0.00870. The molecule has 0 atom stereocenters. The molecule has 11 heteroatoms. The Labute approximate surface area is 182 Å². The van der Waals surface area contributed by atoms with E-state index in [1.54, 1.807) is 18.2 Å². The molecular weight excluding hydrogens is 479 g/mol. The number of anilines is 1. The van der Waals surface area contributed by atoms with Crippen molar-refractivity contribution in [1.29, 1.82) is 0 Å². The molecule has 0 radical (unpaired) electrons. The van der Waals surface area contributed by atoms with Gasteiger partial charge in [0.25, 0.3) is 5.56 Å². The molecule has 30 heavy (non-hydrogen) atoms. The van der Waals surface area contributed by atoms with E-state index in [0.717, 1.165) is 10.1 Å². The molecule has 8 nitrogen and oxygen atoms in total. The van der Waals surface area contributed by atoms with Crippen molar-refractivity contribution in [2.75, 3.05) is 5.32 Å². The van der Waals surface area contributed by atoms with Gasteiger partial charge < -0.3 is 5.32 Å². The van der Waals surface area contributed by atoms with Gasteiger partial charge >= 0.3 is 0 Å². The second-order valence-electron chi connectivity index (χ2n) is 6.40. The fraction of sp³-hybridized carbons (Fsp3) is 0.105. The van der Waals surface area contributed by atoms with Crippen LogP contribution < -0.4 is 10.9 Å². The van der Waals surface area contributed by atoms with Gasteiger partial charge in [0.1, 0.15) is 18.7 Å². The lowest BCUT2D eigenvalue weighted by molar-refractivity contribution is -0.116. The second kappa shape index (κ2) is 8.33. The Morgan fingerprint density at radius 2 is 1.97 bits per heavy atom. The van der Waals surface area contributed by atoms with Gasteiger partial charge in [-0.05, 0) is 35.9 Å². The summed E-state index contributed by atoms with van der Waals surface area (Å²) in [5, 5.41) is 10.9. The van der Waals surface area contributed by atoms with Crippen LogP contribution in [-0.4, -0.2) is 30.5 Å². The predicted octanol–water partition coefficient (Wildman–Crippen LogP) is 3.23. The second-order valence-corrected chi connectivity index (χ2v) is 7.75. The zero-order valence-corrected chi connectivity index (χ0v) is 17.6. The van der Waals surface area contributed by atoms with Gasteiger partial charge in [-0.3, -0.25) is 14.2 Å². The molecule has 4 aromatic rings. The molecule has 2 heterocycles. The summed E-state index contributed by atoms with van der Waals surface area (Å²) in [5.74, 6) is -1.17. The van der Waals surface area contributed by atoms with E-state index in [2.05, 4.69) is 36.5 Å². The number of amides is 1. The Morgan fingerprint density at radius 1 is 1.20 bits per heavy atom. The lowest BCUT2D eigenvalue weighted by atomic mass is 10.2. The first-order chi connectivity index (χ1) is 14.4. The Balaban J connectivity index is 1.54. The Bertz CT molecular complexity index is 1300. The molecule has 2 aromatic carbocycles. The van der Waals surface area contributed by atoms with E-state index < -0.39 is 17.3 Å². The van der Waals surface area contributed by atoms with Crippen molar-refractivity contribution in [3.8, 4) is 0 Å². The van der Waals surface area contributed by atoms with Crippen LogP contribution in [0.3, 0.4) is 0 Å².